The molecular formula is C33H36ClF2N5O6S. The molecule has 11 nitrogen and oxygen atoms in total. The van der Waals surface area contributed by atoms with Crippen LogP contribution in [0.15, 0.2) is 35.4 Å². The maximum atomic E-state index is 14.1. The highest BCUT2D eigenvalue weighted by atomic mass is 35.5. The molecule has 2 atom stereocenters. The average Bonchev–Trinajstić information content (AvgIpc) is 3.66. The molecule has 6 rings (SSSR count). The van der Waals surface area contributed by atoms with Gasteiger partial charge in [0, 0.05) is 25.7 Å². The van der Waals surface area contributed by atoms with E-state index >= 15 is 0 Å². The largest absolute Gasteiger partial charge is 0.472 e. The number of fused-ring (bicyclic) bond motifs is 3. The minimum absolute atomic E-state index is 0.0129. The van der Waals surface area contributed by atoms with Gasteiger partial charge in [0.25, 0.3) is 0 Å². The van der Waals surface area contributed by atoms with Gasteiger partial charge in [0.05, 0.1) is 24.6 Å². The lowest BCUT2D eigenvalue weighted by molar-refractivity contribution is -0.143. The normalized spacial score (nSPS) is 17.9. The standard InChI is InChI=1S/C33H36ClF2N5O6S/c1-5-23-17-41(48(43,44)28-12-22(34)15-37-32(28)46-23)16-21-11-20(10-19-8-7-9-24(19)21)26(14-29(42)45-6-2)25-13-27(47-33(35)36)31-30(18(25)3)38-39-40(31)4/h10-13,15,23,26,33H,5-9,14,16-17H2,1-4H3/t23-,26+/m1/s1. The second kappa shape index (κ2) is 13.6. The Balaban J connectivity index is 1.49. The van der Waals surface area contributed by atoms with Crippen LogP contribution in [-0.4, -0.2) is 64.5 Å². The predicted octanol–water partition coefficient (Wildman–Crippen LogP) is 5.86. The van der Waals surface area contributed by atoms with Crippen molar-refractivity contribution in [2.45, 2.75) is 82.9 Å². The van der Waals surface area contributed by atoms with Crippen molar-refractivity contribution in [3.63, 3.8) is 0 Å². The molecule has 2 aromatic carbocycles. The molecule has 1 aliphatic heterocycles. The number of carbonyl (C=O) groups is 1. The van der Waals surface area contributed by atoms with Crippen molar-refractivity contribution in [3.05, 3.63) is 68.9 Å². The topological polar surface area (TPSA) is 126 Å². The number of hydrogen-bond acceptors (Lipinski definition) is 9. The number of carbonyl (C=O) groups excluding carboxylic acids is 1. The minimum Gasteiger partial charge on any atom is -0.472 e. The fraction of sp³-hybridized carbons (Fsp3) is 0.455. The summed E-state index contributed by atoms with van der Waals surface area (Å²) in [4.78, 5) is 17.2. The summed E-state index contributed by atoms with van der Waals surface area (Å²) in [5.41, 5.74) is 5.46. The summed E-state index contributed by atoms with van der Waals surface area (Å²) >= 11 is 6.18. The second-order valence-corrected chi connectivity index (χ2v) is 14.4. The number of alkyl halides is 2. The van der Waals surface area contributed by atoms with Crippen molar-refractivity contribution in [1.29, 1.82) is 0 Å². The van der Waals surface area contributed by atoms with Gasteiger partial charge in [-0.2, -0.15) is 13.1 Å². The van der Waals surface area contributed by atoms with Gasteiger partial charge in [0.2, 0.25) is 15.9 Å². The summed E-state index contributed by atoms with van der Waals surface area (Å²) in [6.07, 6.45) is 3.76. The number of nitrogens with zero attached hydrogens (tertiary/aromatic N) is 5. The molecule has 0 radical (unpaired) electrons. The first-order valence-electron chi connectivity index (χ1n) is 15.8. The summed E-state index contributed by atoms with van der Waals surface area (Å²) in [7, 11) is -2.49. The van der Waals surface area contributed by atoms with Gasteiger partial charge < -0.3 is 14.2 Å². The zero-order chi connectivity index (χ0) is 34.3. The molecule has 0 fully saturated rings. The number of pyridine rings is 1. The van der Waals surface area contributed by atoms with E-state index in [1.807, 2.05) is 19.1 Å². The molecule has 0 amide bonds. The molecule has 0 unspecified atom stereocenters. The maximum Gasteiger partial charge on any atom is 0.387 e. The zero-order valence-corrected chi connectivity index (χ0v) is 28.6. The molecule has 0 spiro atoms. The molecule has 0 bridgehead atoms. The molecule has 1 aliphatic carbocycles. The van der Waals surface area contributed by atoms with Crippen LogP contribution in [0.2, 0.25) is 5.02 Å². The van der Waals surface area contributed by atoms with Crippen LogP contribution in [0.25, 0.3) is 11.0 Å². The Labute approximate surface area is 282 Å². The van der Waals surface area contributed by atoms with E-state index in [0.29, 0.717) is 34.1 Å². The Morgan fingerprint density at radius 3 is 2.71 bits per heavy atom. The third-order valence-corrected chi connectivity index (χ3v) is 11.0. The number of ether oxygens (including phenoxy) is 3. The zero-order valence-electron chi connectivity index (χ0n) is 27.0. The molecule has 0 saturated carbocycles. The summed E-state index contributed by atoms with van der Waals surface area (Å²) in [5.74, 6) is -1.23. The second-order valence-electron chi connectivity index (χ2n) is 12.0. The summed E-state index contributed by atoms with van der Waals surface area (Å²) in [6, 6.07) is 6.81. The minimum atomic E-state index is -4.08. The molecule has 48 heavy (non-hydrogen) atoms. The molecule has 3 heterocycles. The van der Waals surface area contributed by atoms with Gasteiger partial charge in [-0.05, 0) is 85.0 Å². The van der Waals surface area contributed by atoms with Gasteiger partial charge in [-0.3, -0.25) is 4.79 Å². The number of rotatable bonds is 10. The monoisotopic (exact) mass is 703 g/mol. The van der Waals surface area contributed by atoms with E-state index in [1.165, 1.54) is 27.3 Å². The van der Waals surface area contributed by atoms with Crippen molar-refractivity contribution in [3.8, 4) is 11.6 Å². The van der Waals surface area contributed by atoms with Crippen LogP contribution in [0, 0.1) is 6.92 Å². The number of benzene rings is 2. The van der Waals surface area contributed by atoms with E-state index in [9.17, 15) is 22.0 Å². The van der Waals surface area contributed by atoms with Gasteiger partial charge in [0.15, 0.2) is 5.75 Å². The predicted molar refractivity (Wildman–Crippen MR) is 173 cm³/mol. The smallest absolute Gasteiger partial charge is 0.387 e. The number of aryl methyl sites for hydroxylation is 3. The number of halogens is 3. The van der Waals surface area contributed by atoms with Crippen LogP contribution in [-0.2, 0) is 46.0 Å². The van der Waals surface area contributed by atoms with Crippen molar-refractivity contribution >= 4 is 38.6 Å². The molecule has 0 saturated heterocycles. The molecular weight excluding hydrogens is 668 g/mol. The summed E-state index contributed by atoms with van der Waals surface area (Å²) in [6.45, 7) is 2.62. The van der Waals surface area contributed by atoms with E-state index < -0.39 is 34.6 Å². The van der Waals surface area contributed by atoms with Gasteiger partial charge >= 0.3 is 12.6 Å². The van der Waals surface area contributed by atoms with Crippen LogP contribution in [0.3, 0.4) is 0 Å². The van der Waals surface area contributed by atoms with Crippen LogP contribution < -0.4 is 9.47 Å². The lowest BCUT2D eigenvalue weighted by atomic mass is 9.83. The fourth-order valence-corrected chi connectivity index (χ4v) is 8.51. The molecule has 256 valence electrons. The van der Waals surface area contributed by atoms with Gasteiger partial charge in [-0.1, -0.05) is 35.9 Å². The van der Waals surface area contributed by atoms with Crippen LogP contribution >= 0.6 is 11.6 Å². The maximum absolute atomic E-state index is 14.1. The lowest BCUT2D eigenvalue weighted by Crippen LogP contribution is -2.36. The quantitative estimate of drug-likeness (QED) is 0.187. The van der Waals surface area contributed by atoms with Crippen LogP contribution in [0.5, 0.6) is 11.6 Å². The Kier molecular flexibility index (Phi) is 9.60. The number of aromatic nitrogens is 4. The third-order valence-electron chi connectivity index (χ3n) is 9.03. The van der Waals surface area contributed by atoms with Crippen molar-refractivity contribution in [1.82, 2.24) is 24.3 Å². The van der Waals surface area contributed by atoms with Gasteiger partial charge in [-0.25, -0.2) is 18.1 Å². The van der Waals surface area contributed by atoms with Crippen LogP contribution in [0.4, 0.5) is 8.78 Å². The third kappa shape index (κ3) is 6.45. The highest BCUT2D eigenvalue weighted by molar-refractivity contribution is 7.89. The molecule has 15 heteroatoms. The first-order chi connectivity index (χ1) is 22.9. The molecule has 0 N–H and O–H groups in total. The van der Waals surface area contributed by atoms with Crippen molar-refractivity contribution in [2.75, 3.05) is 13.2 Å². The SMILES string of the molecule is CCOC(=O)C[C@@H](c1cc2c(c(CN3C[C@@H](CC)Oc4ncc(Cl)cc4S3(=O)=O)c1)CCC2)c1cc(OC(F)F)c2c(nnn2C)c1C. The van der Waals surface area contributed by atoms with Crippen molar-refractivity contribution in [2.24, 2.45) is 7.05 Å². The Morgan fingerprint density at radius 2 is 1.98 bits per heavy atom. The van der Waals surface area contributed by atoms with E-state index in [1.54, 1.807) is 20.9 Å². The summed E-state index contributed by atoms with van der Waals surface area (Å²) in [5, 5.41) is 8.43. The van der Waals surface area contributed by atoms with Crippen molar-refractivity contribution < 1.29 is 36.2 Å². The van der Waals surface area contributed by atoms with E-state index in [0.717, 1.165) is 36.0 Å². The highest BCUT2D eigenvalue weighted by Gasteiger charge is 2.37. The first kappa shape index (κ1) is 34.0. The van der Waals surface area contributed by atoms with E-state index in [4.69, 9.17) is 25.8 Å². The number of sulfonamides is 1. The van der Waals surface area contributed by atoms with Gasteiger partial charge in [0.1, 0.15) is 22.0 Å². The highest BCUT2D eigenvalue weighted by Crippen LogP contribution is 2.41. The van der Waals surface area contributed by atoms with Crippen LogP contribution in [0.1, 0.15) is 72.4 Å². The van der Waals surface area contributed by atoms with Gasteiger partial charge in [-0.15, -0.1) is 5.10 Å². The Hall–Kier alpha value is -3.88. The molecule has 2 aliphatic rings. The first-order valence-corrected chi connectivity index (χ1v) is 17.6. The number of esters is 1. The van der Waals surface area contributed by atoms with E-state index in [-0.39, 0.29) is 47.7 Å². The van der Waals surface area contributed by atoms with E-state index in [2.05, 4.69) is 15.3 Å². The lowest BCUT2D eigenvalue weighted by Gasteiger charge is -2.26. The molecule has 4 aromatic rings. The Bertz CT molecular complexity index is 1990. The number of hydrogen-bond donors (Lipinski definition) is 0. The fourth-order valence-electron chi connectivity index (χ4n) is 6.74. The Morgan fingerprint density at radius 1 is 1.19 bits per heavy atom. The average molecular weight is 704 g/mol. The summed E-state index contributed by atoms with van der Waals surface area (Å²) < 4.78 is 74.5. The molecule has 2 aromatic heterocycles.